The summed E-state index contributed by atoms with van der Waals surface area (Å²) in [4.78, 5) is 38.7. The van der Waals surface area contributed by atoms with Crippen LogP contribution in [0.2, 0.25) is 10.0 Å². The standard InChI is InChI=1S/C28H26BrCl2N3O6S/c1-3-39-28(37)23-16-7-4-5-10-22(16)41-27(23)33-25(35)26(36)34-32-13-15-11-18(29)24(21(12-15)38-2)40-14-17-19(30)8-6-9-20(17)31/h6,8-9,11-13H,3-5,7,10,14H2,1-2H3,(H,33,35)(H,34,36)/b32-13+. The summed E-state index contributed by atoms with van der Waals surface area (Å²) in [5.41, 5.74) is 4.60. The van der Waals surface area contributed by atoms with E-state index in [0.29, 0.717) is 47.7 Å². The Morgan fingerprint density at radius 2 is 1.85 bits per heavy atom. The van der Waals surface area contributed by atoms with E-state index < -0.39 is 17.8 Å². The van der Waals surface area contributed by atoms with Gasteiger partial charge in [0.1, 0.15) is 11.6 Å². The van der Waals surface area contributed by atoms with Crippen LogP contribution in [0, 0.1) is 0 Å². The number of ether oxygens (including phenoxy) is 3. The Labute approximate surface area is 259 Å². The first kappa shape index (κ1) is 30.8. The molecule has 2 N–H and O–H groups in total. The van der Waals surface area contributed by atoms with Crippen LogP contribution in [-0.4, -0.2) is 37.7 Å². The lowest BCUT2D eigenvalue weighted by molar-refractivity contribution is -0.136. The topological polar surface area (TPSA) is 115 Å². The van der Waals surface area contributed by atoms with Crippen molar-refractivity contribution in [2.45, 2.75) is 39.2 Å². The van der Waals surface area contributed by atoms with E-state index in [2.05, 4.69) is 31.8 Å². The number of hydrogen-bond acceptors (Lipinski definition) is 8. The molecule has 216 valence electrons. The molecule has 0 bridgehead atoms. The Morgan fingerprint density at radius 1 is 1.12 bits per heavy atom. The van der Waals surface area contributed by atoms with Crippen LogP contribution in [0.3, 0.4) is 0 Å². The Bertz CT molecular complexity index is 1490. The zero-order valence-electron chi connectivity index (χ0n) is 22.1. The summed E-state index contributed by atoms with van der Waals surface area (Å²) in [6.07, 6.45) is 4.84. The fourth-order valence-corrected chi connectivity index (χ4v) is 6.57. The van der Waals surface area contributed by atoms with Gasteiger partial charge >= 0.3 is 17.8 Å². The Kier molecular flexibility index (Phi) is 10.7. The van der Waals surface area contributed by atoms with Gasteiger partial charge in [-0.2, -0.15) is 5.10 Å². The molecule has 9 nitrogen and oxygen atoms in total. The number of esters is 1. The number of carbonyl (C=O) groups excluding carboxylic acids is 3. The Morgan fingerprint density at radius 3 is 2.56 bits per heavy atom. The van der Waals surface area contributed by atoms with Crippen molar-refractivity contribution in [2.75, 3.05) is 19.0 Å². The van der Waals surface area contributed by atoms with E-state index in [1.165, 1.54) is 24.7 Å². The summed E-state index contributed by atoms with van der Waals surface area (Å²) >= 11 is 17.2. The smallest absolute Gasteiger partial charge is 0.341 e. The first-order valence-electron chi connectivity index (χ1n) is 12.6. The van der Waals surface area contributed by atoms with Gasteiger partial charge in [0.15, 0.2) is 11.5 Å². The molecule has 0 fully saturated rings. The molecular formula is C28H26BrCl2N3O6S. The van der Waals surface area contributed by atoms with Gasteiger partial charge in [-0.3, -0.25) is 9.59 Å². The highest BCUT2D eigenvalue weighted by Crippen LogP contribution is 2.39. The van der Waals surface area contributed by atoms with Crippen LogP contribution in [0.15, 0.2) is 39.9 Å². The van der Waals surface area contributed by atoms with Crippen molar-refractivity contribution in [3.05, 3.63) is 72.0 Å². The van der Waals surface area contributed by atoms with E-state index in [-0.39, 0.29) is 13.2 Å². The molecule has 1 aromatic heterocycles. The number of nitrogens with zero attached hydrogens (tertiary/aromatic N) is 1. The number of hydrogen-bond donors (Lipinski definition) is 2. The predicted octanol–water partition coefficient (Wildman–Crippen LogP) is 6.55. The average molecular weight is 683 g/mol. The number of carbonyl (C=O) groups is 3. The van der Waals surface area contributed by atoms with E-state index in [4.69, 9.17) is 37.4 Å². The third kappa shape index (κ3) is 7.40. The van der Waals surface area contributed by atoms with Crippen molar-refractivity contribution >= 4 is 79.5 Å². The lowest BCUT2D eigenvalue weighted by atomic mass is 9.95. The molecule has 0 radical (unpaired) electrons. The molecular weight excluding hydrogens is 657 g/mol. The monoisotopic (exact) mass is 681 g/mol. The molecule has 41 heavy (non-hydrogen) atoms. The average Bonchev–Trinajstić information content (AvgIpc) is 3.31. The van der Waals surface area contributed by atoms with Crippen LogP contribution in [0.4, 0.5) is 5.00 Å². The molecule has 0 spiro atoms. The molecule has 1 aliphatic carbocycles. The second-order valence-electron chi connectivity index (χ2n) is 8.81. The molecule has 2 aromatic carbocycles. The molecule has 1 heterocycles. The van der Waals surface area contributed by atoms with E-state index in [9.17, 15) is 14.4 Å². The van der Waals surface area contributed by atoms with E-state index >= 15 is 0 Å². The lowest BCUT2D eigenvalue weighted by Gasteiger charge is -2.14. The van der Waals surface area contributed by atoms with E-state index in [1.807, 2.05) is 0 Å². The van der Waals surface area contributed by atoms with Crippen LogP contribution in [0.5, 0.6) is 11.5 Å². The Hall–Kier alpha value is -3.12. The minimum absolute atomic E-state index is 0.108. The SMILES string of the molecule is CCOC(=O)c1c(NC(=O)C(=O)N/N=C/c2cc(Br)c(OCc3c(Cl)cccc3Cl)c(OC)c2)sc2c1CCCC2. The largest absolute Gasteiger partial charge is 0.493 e. The van der Waals surface area contributed by atoms with Crippen molar-refractivity contribution in [1.82, 2.24) is 5.43 Å². The van der Waals surface area contributed by atoms with Gasteiger partial charge in [0, 0.05) is 20.5 Å². The summed E-state index contributed by atoms with van der Waals surface area (Å²) in [7, 11) is 1.48. The predicted molar refractivity (Wildman–Crippen MR) is 163 cm³/mol. The van der Waals surface area contributed by atoms with Crippen LogP contribution in [0.1, 0.15) is 51.7 Å². The van der Waals surface area contributed by atoms with Crippen molar-refractivity contribution in [3.63, 3.8) is 0 Å². The highest BCUT2D eigenvalue weighted by atomic mass is 79.9. The quantitative estimate of drug-likeness (QED) is 0.115. The minimum atomic E-state index is -0.995. The summed E-state index contributed by atoms with van der Waals surface area (Å²) < 4.78 is 17.1. The van der Waals surface area contributed by atoms with Crippen LogP contribution in [-0.2, 0) is 33.8 Å². The summed E-state index contributed by atoms with van der Waals surface area (Å²) in [5.74, 6) is -1.65. The number of rotatable bonds is 9. The number of thiophene rings is 1. The van der Waals surface area contributed by atoms with Gasteiger partial charge in [-0.1, -0.05) is 29.3 Å². The number of anilines is 1. The van der Waals surface area contributed by atoms with E-state index in [1.54, 1.807) is 37.3 Å². The van der Waals surface area contributed by atoms with Crippen molar-refractivity contribution in [2.24, 2.45) is 5.10 Å². The van der Waals surface area contributed by atoms with Gasteiger partial charge in [-0.25, -0.2) is 10.2 Å². The third-order valence-corrected chi connectivity index (χ3v) is 8.64. The number of fused-ring (bicyclic) bond motifs is 1. The van der Waals surface area contributed by atoms with Gasteiger partial charge < -0.3 is 19.5 Å². The second-order valence-corrected chi connectivity index (χ2v) is 11.6. The van der Waals surface area contributed by atoms with Crippen molar-refractivity contribution in [3.8, 4) is 11.5 Å². The third-order valence-electron chi connectivity index (χ3n) is 6.14. The van der Waals surface area contributed by atoms with Crippen molar-refractivity contribution < 1.29 is 28.6 Å². The number of benzene rings is 2. The summed E-state index contributed by atoms with van der Waals surface area (Å²) in [6.45, 7) is 2.03. The highest BCUT2D eigenvalue weighted by Gasteiger charge is 2.28. The number of halogens is 3. The lowest BCUT2D eigenvalue weighted by Crippen LogP contribution is -2.32. The molecule has 13 heteroatoms. The van der Waals surface area contributed by atoms with Gasteiger partial charge in [-0.15, -0.1) is 11.3 Å². The van der Waals surface area contributed by atoms with Crippen LogP contribution >= 0.6 is 50.5 Å². The molecule has 0 saturated carbocycles. The summed E-state index contributed by atoms with van der Waals surface area (Å²) in [6, 6.07) is 8.53. The molecule has 3 aromatic rings. The zero-order chi connectivity index (χ0) is 29.5. The van der Waals surface area contributed by atoms with Gasteiger partial charge in [0.05, 0.1) is 30.0 Å². The molecule has 2 amide bonds. The van der Waals surface area contributed by atoms with E-state index in [0.717, 1.165) is 36.1 Å². The van der Waals surface area contributed by atoms with Crippen LogP contribution in [0.25, 0.3) is 0 Å². The van der Waals surface area contributed by atoms with Gasteiger partial charge in [-0.05, 0) is 83.9 Å². The fraction of sp³-hybridized carbons (Fsp3) is 0.286. The Balaban J connectivity index is 1.42. The second kappa shape index (κ2) is 14.2. The first-order chi connectivity index (χ1) is 19.7. The first-order valence-corrected chi connectivity index (χ1v) is 15.0. The number of amides is 2. The zero-order valence-corrected chi connectivity index (χ0v) is 26.1. The van der Waals surface area contributed by atoms with Gasteiger partial charge in [0.2, 0.25) is 0 Å². The normalized spacial score (nSPS) is 12.5. The molecule has 0 unspecified atom stereocenters. The minimum Gasteiger partial charge on any atom is -0.493 e. The maximum absolute atomic E-state index is 12.6. The number of methoxy groups -OCH3 is 1. The highest BCUT2D eigenvalue weighted by molar-refractivity contribution is 9.10. The van der Waals surface area contributed by atoms with Crippen molar-refractivity contribution in [1.29, 1.82) is 0 Å². The number of nitrogens with one attached hydrogen (secondary N) is 2. The van der Waals surface area contributed by atoms with Crippen LogP contribution < -0.4 is 20.2 Å². The fourth-order valence-electron chi connectivity index (χ4n) is 4.22. The summed E-state index contributed by atoms with van der Waals surface area (Å²) in [5, 5.41) is 7.71. The maximum atomic E-state index is 12.6. The molecule has 4 rings (SSSR count). The van der Waals surface area contributed by atoms with Gasteiger partial charge in [0.25, 0.3) is 0 Å². The molecule has 1 aliphatic rings. The molecule has 0 atom stereocenters. The molecule has 0 aliphatic heterocycles. The number of aryl methyl sites for hydroxylation is 1. The molecule has 0 saturated heterocycles. The maximum Gasteiger partial charge on any atom is 0.341 e. The number of hydrazone groups is 1.